The maximum absolute atomic E-state index is 12.6. The number of nitrogens with zero attached hydrogens (tertiary/aromatic N) is 1. The summed E-state index contributed by atoms with van der Waals surface area (Å²) in [6.45, 7) is 6.41. The van der Waals surface area contributed by atoms with Gasteiger partial charge in [-0.1, -0.05) is 24.3 Å². The molecule has 0 aromatic heterocycles. The van der Waals surface area contributed by atoms with E-state index in [1.165, 1.54) is 24.3 Å². The second-order valence-electron chi connectivity index (χ2n) is 4.14. The quantitative estimate of drug-likeness (QED) is 0.391. The Hall–Kier alpha value is -1.44. The predicted octanol–water partition coefficient (Wildman–Crippen LogP) is 1.14. The van der Waals surface area contributed by atoms with E-state index in [9.17, 15) is 22.8 Å². The summed E-state index contributed by atoms with van der Waals surface area (Å²) in [7, 11) is -8.97. The first-order valence-electron chi connectivity index (χ1n) is 5.81. The molecule has 0 aliphatic rings. The summed E-state index contributed by atoms with van der Waals surface area (Å²) in [5, 5.41) is 0. The largest absolute Gasteiger partial charge is 0.398 e. The molecule has 0 bridgehead atoms. The fraction of sp³-hybridized carbons (Fsp3) is 0.167. The number of sulfonamides is 1. The molecule has 0 spiro atoms. The summed E-state index contributed by atoms with van der Waals surface area (Å²) in [5.74, 6) is -1.69. The Balaban J connectivity index is 3.47. The van der Waals surface area contributed by atoms with Crippen LogP contribution in [0.1, 0.15) is 0 Å². The molecule has 1 atom stereocenters. The maximum Gasteiger partial charge on any atom is 0.347 e. The van der Waals surface area contributed by atoms with E-state index in [4.69, 9.17) is 5.73 Å². The van der Waals surface area contributed by atoms with Crippen molar-refractivity contribution in [2.75, 3.05) is 12.3 Å². The monoisotopic (exact) mass is 332 g/mol. The van der Waals surface area contributed by atoms with Gasteiger partial charge in [-0.25, -0.2) is 8.42 Å². The number of rotatable bonds is 7. The Labute approximate surface area is 123 Å². The van der Waals surface area contributed by atoms with Gasteiger partial charge in [-0.3, -0.25) is 4.57 Å². The topological polar surface area (TPSA) is 121 Å². The van der Waals surface area contributed by atoms with E-state index < -0.39 is 23.4 Å². The molecule has 0 amide bonds. The SMILES string of the molecule is C=CCN(C(C=C)P(=O)(O)O)S(=O)(=O)c1ccccc1N. The van der Waals surface area contributed by atoms with Crippen LogP contribution in [0.3, 0.4) is 0 Å². The highest BCUT2D eigenvalue weighted by Gasteiger charge is 2.39. The van der Waals surface area contributed by atoms with Crippen LogP contribution in [-0.2, 0) is 14.6 Å². The molecule has 1 unspecified atom stereocenters. The minimum Gasteiger partial charge on any atom is -0.398 e. The Kier molecular flexibility index (Phi) is 5.49. The van der Waals surface area contributed by atoms with Crippen molar-refractivity contribution in [3.05, 3.63) is 49.6 Å². The van der Waals surface area contributed by atoms with Crippen LogP contribution in [0.4, 0.5) is 5.69 Å². The molecule has 7 nitrogen and oxygen atoms in total. The summed E-state index contributed by atoms with van der Waals surface area (Å²) in [4.78, 5) is 18.4. The van der Waals surface area contributed by atoms with Gasteiger partial charge in [-0.05, 0) is 12.1 Å². The van der Waals surface area contributed by atoms with Crippen molar-refractivity contribution < 1.29 is 22.8 Å². The van der Waals surface area contributed by atoms with Crippen molar-refractivity contribution in [3.63, 3.8) is 0 Å². The van der Waals surface area contributed by atoms with Gasteiger partial charge in [0.15, 0.2) is 0 Å². The number of hydrogen-bond donors (Lipinski definition) is 3. The Morgan fingerprint density at radius 3 is 2.33 bits per heavy atom. The van der Waals surface area contributed by atoms with Crippen molar-refractivity contribution in [3.8, 4) is 0 Å². The third-order valence-electron chi connectivity index (χ3n) is 2.67. The molecule has 0 aliphatic heterocycles. The first kappa shape index (κ1) is 17.6. The molecule has 21 heavy (non-hydrogen) atoms. The molecule has 1 rings (SSSR count). The molecule has 0 heterocycles. The van der Waals surface area contributed by atoms with Gasteiger partial charge >= 0.3 is 7.60 Å². The molecule has 0 saturated carbocycles. The third kappa shape index (κ3) is 3.81. The Bertz CT molecular complexity index is 683. The number of anilines is 1. The second-order valence-corrected chi connectivity index (χ2v) is 7.71. The van der Waals surface area contributed by atoms with Gasteiger partial charge in [-0.2, -0.15) is 4.31 Å². The summed E-state index contributed by atoms with van der Waals surface area (Å²) < 4.78 is 37.3. The number of nitrogen functional groups attached to an aromatic ring is 1. The van der Waals surface area contributed by atoms with Gasteiger partial charge < -0.3 is 15.5 Å². The van der Waals surface area contributed by atoms with E-state index in [0.717, 1.165) is 6.08 Å². The lowest BCUT2D eigenvalue weighted by atomic mass is 10.3. The number of nitrogens with two attached hydrogens (primary N) is 1. The standard InChI is InChI=1S/C12H17N2O5PS/c1-3-9-14(12(4-2)20(15,16)17)21(18,19)11-8-6-5-7-10(11)13/h3-8,12H,1-2,9,13H2,(H2,15,16,17). The lowest BCUT2D eigenvalue weighted by Gasteiger charge is -2.28. The van der Waals surface area contributed by atoms with E-state index >= 15 is 0 Å². The van der Waals surface area contributed by atoms with Crippen LogP contribution in [0.15, 0.2) is 54.5 Å². The molecule has 1 aromatic carbocycles. The molecule has 0 aliphatic carbocycles. The molecule has 9 heteroatoms. The Morgan fingerprint density at radius 2 is 1.90 bits per heavy atom. The Morgan fingerprint density at radius 1 is 1.33 bits per heavy atom. The van der Waals surface area contributed by atoms with Crippen LogP contribution in [0.2, 0.25) is 0 Å². The van der Waals surface area contributed by atoms with Crippen LogP contribution in [0.25, 0.3) is 0 Å². The molecule has 4 N–H and O–H groups in total. The maximum atomic E-state index is 12.6. The van der Waals surface area contributed by atoms with Crippen LogP contribution in [0.5, 0.6) is 0 Å². The first-order chi connectivity index (χ1) is 9.66. The van der Waals surface area contributed by atoms with Gasteiger partial charge in [0.1, 0.15) is 10.7 Å². The van der Waals surface area contributed by atoms with E-state index in [1.54, 1.807) is 6.07 Å². The second kappa shape index (κ2) is 6.55. The molecule has 0 saturated heterocycles. The van der Waals surface area contributed by atoms with E-state index in [-0.39, 0.29) is 17.1 Å². The average molecular weight is 332 g/mol. The van der Waals surface area contributed by atoms with E-state index in [2.05, 4.69) is 13.2 Å². The highest BCUT2D eigenvalue weighted by Crippen LogP contribution is 2.45. The predicted molar refractivity (Wildman–Crippen MR) is 81.0 cm³/mol. The van der Waals surface area contributed by atoms with Gasteiger partial charge in [0.25, 0.3) is 0 Å². The molecule has 1 aromatic rings. The summed E-state index contributed by atoms with van der Waals surface area (Å²) in [5.41, 5.74) is 5.63. The first-order valence-corrected chi connectivity index (χ1v) is 8.93. The van der Waals surface area contributed by atoms with E-state index in [0.29, 0.717) is 4.31 Å². The fourth-order valence-electron chi connectivity index (χ4n) is 1.74. The smallest absolute Gasteiger partial charge is 0.347 e. The van der Waals surface area contributed by atoms with Crippen molar-refractivity contribution >= 4 is 23.3 Å². The number of hydrogen-bond acceptors (Lipinski definition) is 4. The van der Waals surface area contributed by atoms with Crippen LogP contribution >= 0.6 is 7.60 Å². The lowest BCUT2D eigenvalue weighted by molar-refractivity contribution is 0.326. The fourth-order valence-corrected chi connectivity index (χ4v) is 4.73. The normalized spacial score (nSPS) is 13.9. The zero-order chi connectivity index (χ0) is 16.3. The third-order valence-corrected chi connectivity index (χ3v) is 5.92. The molecule has 0 fully saturated rings. The van der Waals surface area contributed by atoms with Crippen LogP contribution in [-0.4, -0.2) is 34.8 Å². The highest BCUT2D eigenvalue weighted by atomic mass is 32.2. The summed E-state index contributed by atoms with van der Waals surface area (Å²) in [6.07, 6.45) is 2.11. The van der Waals surface area contributed by atoms with E-state index in [1.807, 2.05) is 0 Å². The van der Waals surface area contributed by atoms with Gasteiger partial charge in [0.2, 0.25) is 10.0 Å². The van der Waals surface area contributed by atoms with Crippen molar-refractivity contribution in [1.29, 1.82) is 0 Å². The van der Waals surface area contributed by atoms with Gasteiger partial charge in [-0.15, -0.1) is 13.2 Å². The zero-order valence-electron chi connectivity index (χ0n) is 11.2. The molecular weight excluding hydrogens is 315 g/mol. The number of benzene rings is 1. The average Bonchev–Trinajstić information content (AvgIpc) is 2.37. The van der Waals surface area contributed by atoms with Crippen molar-refractivity contribution in [2.45, 2.75) is 10.7 Å². The minimum absolute atomic E-state index is 0.0138. The lowest BCUT2D eigenvalue weighted by Crippen LogP contribution is -2.39. The van der Waals surface area contributed by atoms with Crippen molar-refractivity contribution in [1.82, 2.24) is 4.31 Å². The van der Waals surface area contributed by atoms with Crippen LogP contribution < -0.4 is 5.73 Å². The molecule has 0 radical (unpaired) electrons. The number of para-hydroxylation sites is 1. The van der Waals surface area contributed by atoms with Crippen LogP contribution in [0, 0.1) is 0 Å². The molecule has 116 valence electrons. The van der Waals surface area contributed by atoms with Gasteiger partial charge in [0.05, 0.1) is 5.69 Å². The minimum atomic E-state index is -4.75. The van der Waals surface area contributed by atoms with Crippen molar-refractivity contribution in [2.24, 2.45) is 0 Å². The zero-order valence-corrected chi connectivity index (χ0v) is 12.9. The molecular formula is C12H17N2O5PS. The summed E-state index contributed by atoms with van der Waals surface area (Å²) in [6, 6.07) is 5.68. The highest BCUT2D eigenvalue weighted by molar-refractivity contribution is 7.89. The van der Waals surface area contributed by atoms with Gasteiger partial charge in [0, 0.05) is 6.54 Å². The summed E-state index contributed by atoms with van der Waals surface area (Å²) >= 11 is 0.